The van der Waals surface area contributed by atoms with Gasteiger partial charge >= 0.3 is 0 Å². The van der Waals surface area contributed by atoms with Gasteiger partial charge in [-0.05, 0) is 69.2 Å². The number of halogens is 2. The lowest BCUT2D eigenvalue weighted by Gasteiger charge is -2.32. The second-order valence-corrected chi connectivity index (χ2v) is 11.4. The summed E-state index contributed by atoms with van der Waals surface area (Å²) in [7, 11) is -3.77. The van der Waals surface area contributed by atoms with Crippen LogP contribution in [0.25, 0.3) is 0 Å². The second kappa shape index (κ2) is 11.4. The molecule has 0 aromatic heterocycles. The molecule has 0 aliphatic carbocycles. The molecule has 0 bridgehead atoms. The third kappa shape index (κ3) is 7.72. The van der Waals surface area contributed by atoms with Gasteiger partial charge in [-0.3, -0.25) is 13.9 Å². The molecular weight excluding hydrogens is 530 g/mol. The van der Waals surface area contributed by atoms with Crippen LogP contribution in [-0.4, -0.2) is 50.0 Å². The van der Waals surface area contributed by atoms with Crippen molar-refractivity contribution in [3.05, 3.63) is 63.1 Å². The fourth-order valence-corrected chi connectivity index (χ4v) is 4.52. The lowest BCUT2D eigenvalue weighted by atomic mass is 10.1. The Balaban J connectivity index is 2.41. The zero-order valence-corrected chi connectivity index (χ0v) is 22.5. The molecule has 0 heterocycles. The number of hydrogen-bond acceptors (Lipinski definition) is 4. The molecule has 2 amide bonds. The largest absolute Gasteiger partial charge is 0.352 e. The highest BCUT2D eigenvalue weighted by molar-refractivity contribution is 9.10. The van der Waals surface area contributed by atoms with Gasteiger partial charge in [-0.25, -0.2) is 8.42 Å². The van der Waals surface area contributed by atoms with Crippen LogP contribution in [0.2, 0.25) is 5.02 Å². The third-order valence-electron chi connectivity index (χ3n) is 4.95. The van der Waals surface area contributed by atoms with E-state index in [1.54, 1.807) is 49.4 Å². The Morgan fingerprint density at radius 3 is 2.33 bits per heavy atom. The average molecular weight is 559 g/mol. The van der Waals surface area contributed by atoms with Gasteiger partial charge in [-0.1, -0.05) is 39.7 Å². The Morgan fingerprint density at radius 1 is 1.12 bits per heavy atom. The molecule has 180 valence electrons. The minimum Gasteiger partial charge on any atom is -0.352 e. The molecule has 0 aliphatic rings. The predicted molar refractivity (Wildman–Crippen MR) is 136 cm³/mol. The number of rotatable bonds is 9. The Morgan fingerprint density at radius 2 is 1.79 bits per heavy atom. The summed E-state index contributed by atoms with van der Waals surface area (Å²) < 4.78 is 27.0. The molecular formula is C23H29BrClN3O4S. The minimum atomic E-state index is -3.77. The van der Waals surface area contributed by atoms with Crippen LogP contribution in [0.4, 0.5) is 5.69 Å². The van der Waals surface area contributed by atoms with Crippen molar-refractivity contribution in [3.8, 4) is 0 Å². The molecule has 10 heteroatoms. The molecule has 2 rings (SSSR count). The van der Waals surface area contributed by atoms with Crippen LogP contribution < -0.4 is 9.62 Å². The van der Waals surface area contributed by atoms with Crippen molar-refractivity contribution in [1.82, 2.24) is 10.2 Å². The summed E-state index contributed by atoms with van der Waals surface area (Å²) >= 11 is 9.50. The summed E-state index contributed by atoms with van der Waals surface area (Å²) in [6.07, 6.45) is 1.05. The van der Waals surface area contributed by atoms with E-state index in [-0.39, 0.29) is 18.5 Å². The van der Waals surface area contributed by atoms with E-state index in [0.29, 0.717) is 10.7 Å². The van der Waals surface area contributed by atoms with E-state index < -0.39 is 28.5 Å². The average Bonchev–Trinajstić information content (AvgIpc) is 2.70. The van der Waals surface area contributed by atoms with E-state index in [4.69, 9.17) is 11.6 Å². The van der Waals surface area contributed by atoms with Gasteiger partial charge in [0.05, 0.1) is 11.9 Å². The first kappa shape index (κ1) is 27.1. The molecule has 0 saturated carbocycles. The summed E-state index contributed by atoms with van der Waals surface area (Å²) in [4.78, 5) is 27.5. The molecule has 0 fully saturated rings. The van der Waals surface area contributed by atoms with Crippen molar-refractivity contribution in [2.24, 2.45) is 0 Å². The van der Waals surface area contributed by atoms with E-state index >= 15 is 0 Å². The van der Waals surface area contributed by atoms with Gasteiger partial charge < -0.3 is 10.2 Å². The van der Waals surface area contributed by atoms with Crippen LogP contribution >= 0.6 is 27.5 Å². The Labute approximate surface area is 209 Å². The highest BCUT2D eigenvalue weighted by atomic mass is 79.9. The van der Waals surface area contributed by atoms with Gasteiger partial charge in [0.15, 0.2) is 0 Å². The molecule has 2 aromatic rings. The summed E-state index contributed by atoms with van der Waals surface area (Å²) in [5.74, 6) is -0.835. The van der Waals surface area contributed by atoms with E-state index in [0.717, 1.165) is 26.2 Å². The first-order valence-corrected chi connectivity index (χ1v) is 13.4. The normalized spacial score (nSPS) is 12.4. The molecule has 0 aliphatic heterocycles. The van der Waals surface area contributed by atoms with Gasteiger partial charge in [0.25, 0.3) is 0 Å². The van der Waals surface area contributed by atoms with Gasteiger partial charge in [0, 0.05) is 22.1 Å². The van der Waals surface area contributed by atoms with E-state index in [1.165, 1.54) is 4.90 Å². The Bertz CT molecular complexity index is 1120. The van der Waals surface area contributed by atoms with E-state index in [9.17, 15) is 18.0 Å². The molecule has 1 unspecified atom stereocenters. The maximum Gasteiger partial charge on any atom is 0.244 e. The number of carbonyl (C=O) groups excluding carboxylic acids is 2. The van der Waals surface area contributed by atoms with Gasteiger partial charge in [0.2, 0.25) is 21.8 Å². The highest BCUT2D eigenvalue weighted by Gasteiger charge is 2.30. The second-order valence-electron chi connectivity index (χ2n) is 8.19. The van der Waals surface area contributed by atoms with Crippen LogP contribution in [0.1, 0.15) is 31.9 Å². The summed E-state index contributed by atoms with van der Waals surface area (Å²) in [5.41, 5.74) is 1.92. The Hall–Kier alpha value is -2.10. The monoisotopic (exact) mass is 557 g/mol. The lowest BCUT2D eigenvalue weighted by molar-refractivity contribution is -0.139. The van der Waals surface area contributed by atoms with Crippen molar-refractivity contribution in [1.29, 1.82) is 0 Å². The quantitative estimate of drug-likeness (QED) is 0.502. The SMILES string of the molecule is Cc1cc(N(CC(=O)N(Cc2cccc(Cl)c2)C(C)C(=O)NC(C)C)S(C)(=O)=O)ccc1Br. The fraction of sp³-hybridized carbons (Fsp3) is 0.391. The van der Waals surface area contributed by atoms with Crippen molar-refractivity contribution < 1.29 is 18.0 Å². The molecule has 0 spiro atoms. The maximum atomic E-state index is 13.4. The molecule has 7 nitrogen and oxygen atoms in total. The van der Waals surface area contributed by atoms with Crippen molar-refractivity contribution in [3.63, 3.8) is 0 Å². The number of nitrogens with one attached hydrogen (secondary N) is 1. The van der Waals surface area contributed by atoms with Crippen molar-refractivity contribution >= 4 is 55.1 Å². The topological polar surface area (TPSA) is 86.8 Å². The molecule has 0 saturated heterocycles. The number of hydrogen-bond donors (Lipinski definition) is 1. The van der Waals surface area contributed by atoms with Gasteiger partial charge in [-0.2, -0.15) is 0 Å². The molecule has 1 N–H and O–H groups in total. The number of anilines is 1. The number of sulfonamides is 1. The first-order chi connectivity index (χ1) is 15.3. The lowest BCUT2D eigenvalue weighted by Crippen LogP contribution is -2.52. The van der Waals surface area contributed by atoms with Crippen molar-refractivity contribution in [2.75, 3.05) is 17.1 Å². The molecule has 0 radical (unpaired) electrons. The van der Waals surface area contributed by atoms with E-state index in [2.05, 4.69) is 21.2 Å². The zero-order valence-electron chi connectivity index (χ0n) is 19.3. The number of benzene rings is 2. The smallest absolute Gasteiger partial charge is 0.244 e. The zero-order chi connectivity index (χ0) is 24.9. The summed E-state index contributed by atoms with van der Waals surface area (Å²) in [6.45, 7) is 6.77. The standard InChI is InChI=1S/C23H29BrClN3O4S/c1-15(2)26-23(30)17(4)27(13-18-7-6-8-19(25)12-18)22(29)14-28(33(5,31)32)20-9-10-21(24)16(3)11-20/h6-12,15,17H,13-14H2,1-5H3,(H,26,30). The van der Waals surface area contributed by atoms with Gasteiger partial charge in [0.1, 0.15) is 12.6 Å². The number of aryl methyl sites for hydroxylation is 1. The highest BCUT2D eigenvalue weighted by Crippen LogP contribution is 2.25. The van der Waals surface area contributed by atoms with Crippen molar-refractivity contribution in [2.45, 2.75) is 46.3 Å². The summed E-state index contributed by atoms with van der Waals surface area (Å²) in [6, 6.07) is 11.1. The first-order valence-electron chi connectivity index (χ1n) is 10.4. The van der Waals surface area contributed by atoms with Crippen LogP contribution in [0.5, 0.6) is 0 Å². The predicted octanol–water partition coefficient (Wildman–Crippen LogP) is 4.12. The molecule has 2 aromatic carbocycles. The number of carbonyl (C=O) groups is 2. The van der Waals surface area contributed by atoms with Gasteiger partial charge in [-0.15, -0.1) is 0 Å². The van der Waals surface area contributed by atoms with Crippen LogP contribution in [0.15, 0.2) is 46.9 Å². The summed E-state index contributed by atoms with van der Waals surface area (Å²) in [5, 5.41) is 3.31. The maximum absolute atomic E-state index is 13.4. The van der Waals surface area contributed by atoms with Crippen LogP contribution in [0, 0.1) is 6.92 Å². The van der Waals surface area contributed by atoms with E-state index in [1.807, 2.05) is 20.8 Å². The fourth-order valence-electron chi connectivity index (χ4n) is 3.22. The van der Waals surface area contributed by atoms with Crippen LogP contribution in [0.3, 0.4) is 0 Å². The molecule has 33 heavy (non-hydrogen) atoms. The minimum absolute atomic E-state index is 0.100. The Kier molecular flexibility index (Phi) is 9.34. The third-order valence-corrected chi connectivity index (χ3v) is 7.21. The number of amides is 2. The van der Waals surface area contributed by atoms with Crippen LogP contribution in [-0.2, 0) is 26.2 Å². The number of nitrogens with zero attached hydrogens (tertiary/aromatic N) is 2. The molecule has 1 atom stereocenters.